The number of benzene rings is 1. The molecule has 3 heterocycles. The third-order valence-corrected chi connectivity index (χ3v) is 4.95. The second-order valence-electron chi connectivity index (χ2n) is 5.93. The normalized spacial score (nSPS) is 13.8. The summed E-state index contributed by atoms with van der Waals surface area (Å²) in [5, 5.41) is 5.23. The second kappa shape index (κ2) is 7.05. The molecule has 0 bridgehead atoms. The minimum atomic E-state index is -0.226. The van der Waals surface area contributed by atoms with E-state index in [1.54, 1.807) is 41.6 Å². The molecule has 1 aliphatic heterocycles. The number of carbonyl (C=O) groups is 2. The van der Waals surface area contributed by atoms with Crippen molar-refractivity contribution in [1.82, 2.24) is 9.97 Å². The first-order valence-electron chi connectivity index (χ1n) is 8.28. The number of nitrogens with zero attached hydrogens (tertiary/aromatic N) is 3. The highest BCUT2D eigenvalue weighted by atomic mass is 32.1. The maximum absolute atomic E-state index is 12.4. The van der Waals surface area contributed by atoms with Crippen LogP contribution in [0.3, 0.4) is 0 Å². The minimum absolute atomic E-state index is 0.132. The Morgan fingerprint density at radius 2 is 2.04 bits per heavy atom. The zero-order chi connectivity index (χ0) is 17.9. The molecule has 2 aromatic heterocycles. The average Bonchev–Trinajstić information content (AvgIpc) is 3.32. The quantitative estimate of drug-likeness (QED) is 0.768. The Hall–Kier alpha value is -3.06. The lowest BCUT2D eigenvalue weighted by Gasteiger charge is -2.15. The van der Waals surface area contributed by atoms with E-state index >= 15 is 0 Å². The lowest BCUT2D eigenvalue weighted by atomic mass is 10.2. The maximum atomic E-state index is 12.4. The Balaban J connectivity index is 1.45. The maximum Gasteiger partial charge on any atom is 0.257 e. The standard InChI is InChI=1S/C19H16N4O2S/c24-17-4-2-10-23(17)15-7-5-13(6-8-15)18(25)22-19-21-16(12-26-19)14-3-1-9-20-11-14/h1,3,5-9,11-12H,2,4,10H2,(H,21,22,25). The molecular weight excluding hydrogens is 348 g/mol. The lowest BCUT2D eigenvalue weighted by molar-refractivity contribution is -0.117. The van der Waals surface area contributed by atoms with Gasteiger partial charge in [-0.3, -0.25) is 19.9 Å². The van der Waals surface area contributed by atoms with Gasteiger partial charge in [0.2, 0.25) is 5.91 Å². The van der Waals surface area contributed by atoms with Crippen LogP contribution in [-0.4, -0.2) is 28.3 Å². The summed E-state index contributed by atoms with van der Waals surface area (Å²) in [6.45, 7) is 0.737. The molecule has 0 saturated carbocycles. The van der Waals surface area contributed by atoms with E-state index in [2.05, 4.69) is 15.3 Å². The monoisotopic (exact) mass is 364 g/mol. The van der Waals surface area contributed by atoms with Crippen LogP contribution in [-0.2, 0) is 4.79 Å². The molecule has 1 N–H and O–H groups in total. The van der Waals surface area contributed by atoms with E-state index in [9.17, 15) is 9.59 Å². The molecule has 1 aromatic carbocycles. The Kier molecular flexibility index (Phi) is 4.45. The van der Waals surface area contributed by atoms with Gasteiger partial charge in [-0.2, -0.15) is 0 Å². The highest BCUT2D eigenvalue weighted by molar-refractivity contribution is 7.14. The van der Waals surface area contributed by atoms with Crippen LogP contribution in [0.15, 0.2) is 54.2 Å². The number of pyridine rings is 1. The first-order chi connectivity index (χ1) is 12.7. The molecule has 3 aromatic rings. The number of anilines is 2. The average molecular weight is 364 g/mol. The summed E-state index contributed by atoms with van der Waals surface area (Å²) in [6, 6.07) is 10.8. The van der Waals surface area contributed by atoms with Crippen LogP contribution in [0.25, 0.3) is 11.3 Å². The number of nitrogens with one attached hydrogen (secondary N) is 1. The molecule has 1 aliphatic rings. The third-order valence-electron chi connectivity index (χ3n) is 4.20. The van der Waals surface area contributed by atoms with Crippen molar-refractivity contribution >= 4 is 34.0 Å². The molecular formula is C19H16N4O2S. The van der Waals surface area contributed by atoms with Crippen molar-refractivity contribution in [2.45, 2.75) is 12.8 Å². The van der Waals surface area contributed by atoms with Gasteiger partial charge in [0.1, 0.15) is 0 Å². The fourth-order valence-corrected chi connectivity index (χ4v) is 3.58. The van der Waals surface area contributed by atoms with Gasteiger partial charge in [0, 0.05) is 47.6 Å². The van der Waals surface area contributed by atoms with Crippen molar-refractivity contribution in [2.24, 2.45) is 0 Å². The van der Waals surface area contributed by atoms with Crippen molar-refractivity contribution in [2.75, 3.05) is 16.8 Å². The van der Waals surface area contributed by atoms with E-state index < -0.39 is 0 Å². The van der Waals surface area contributed by atoms with Gasteiger partial charge < -0.3 is 4.90 Å². The largest absolute Gasteiger partial charge is 0.312 e. The van der Waals surface area contributed by atoms with Crippen LogP contribution < -0.4 is 10.2 Å². The summed E-state index contributed by atoms with van der Waals surface area (Å²) in [5.74, 6) is -0.0932. The van der Waals surface area contributed by atoms with Crippen LogP contribution in [0.2, 0.25) is 0 Å². The van der Waals surface area contributed by atoms with Gasteiger partial charge in [-0.15, -0.1) is 11.3 Å². The van der Waals surface area contributed by atoms with E-state index in [4.69, 9.17) is 0 Å². The SMILES string of the molecule is O=C(Nc1nc(-c2cccnc2)cs1)c1ccc(N2CCCC2=O)cc1. The van der Waals surface area contributed by atoms with E-state index in [-0.39, 0.29) is 11.8 Å². The number of amides is 2. The Morgan fingerprint density at radius 3 is 2.73 bits per heavy atom. The Labute approximate surface area is 154 Å². The van der Waals surface area contributed by atoms with Gasteiger partial charge >= 0.3 is 0 Å². The minimum Gasteiger partial charge on any atom is -0.312 e. The Bertz CT molecular complexity index is 938. The molecule has 0 spiro atoms. The molecule has 0 unspecified atom stereocenters. The van der Waals surface area contributed by atoms with Crippen molar-refractivity contribution in [1.29, 1.82) is 0 Å². The van der Waals surface area contributed by atoms with E-state index in [1.807, 2.05) is 17.5 Å². The zero-order valence-electron chi connectivity index (χ0n) is 13.9. The smallest absolute Gasteiger partial charge is 0.257 e. The predicted molar refractivity (Wildman–Crippen MR) is 101 cm³/mol. The molecule has 7 heteroatoms. The topological polar surface area (TPSA) is 75.2 Å². The number of thiazole rings is 1. The highest BCUT2D eigenvalue weighted by Crippen LogP contribution is 2.25. The molecule has 130 valence electrons. The third kappa shape index (κ3) is 3.34. The summed E-state index contributed by atoms with van der Waals surface area (Å²) in [4.78, 5) is 34.5. The molecule has 0 aliphatic carbocycles. The summed E-state index contributed by atoms with van der Waals surface area (Å²) >= 11 is 1.37. The van der Waals surface area contributed by atoms with Crippen LogP contribution in [0, 0.1) is 0 Å². The van der Waals surface area contributed by atoms with Gasteiger partial charge in [0.05, 0.1) is 5.69 Å². The number of carbonyl (C=O) groups excluding carboxylic acids is 2. The van der Waals surface area contributed by atoms with Crippen molar-refractivity contribution in [3.63, 3.8) is 0 Å². The summed E-state index contributed by atoms with van der Waals surface area (Å²) in [7, 11) is 0. The van der Waals surface area contributed by atoms with Gasteiger partial charge in [0.25, 0.3) is 5.91 Å². The lowest BCUT2D eigenvalue weighted by Crippen LogP contribution is -2.23. The zero-order valence-corrected chi connectivity index (χ0v) is 14.7. The van der Waals surface area contributed by atoms with E-state index in [0.717, 1.165) is 29.9 Å². The first kappa shape index (κ1) is 16.4. The van der Waals surface area contributed by atoms with E-state index in [1.165, 1.54) is 11.3 Å². The molecule has 1 saturated heterocycles. The molecule has 0 radical (unpaired) electrons. The van der Waals surface area contributed by atoms with Crippen LogP contribution in [0.4, 0.5) is 10.8 Å². The van der Waals surface area contributed by atoms with Crippen molar-refractivity contribution in [3.8, 4) is 11.3 Å². The van der Waals surface area contributed by atoms with Gasteiger partial charge in [-0.05, 0) is 42.8 Å². The predicted octanol–water partition coefficient (Wildman–Crippen LogP) is 3.58. The summed E-state index contributed by atoms with van der Waals surface area (Å²) in [5.41, 5.74) is 3.04. The van der Waals surface area contributed by atoms with Gasteiger partial charge in [-0.25, -0.2) is 4.98 Å². The first-order valence-corrected chi connectivity index (χ1v) is 9.16. The summed E-state index contributed by atoms with van der Waals surface area (Å²) < 4.78 is 0. The molecule has 26 heavy (non-hydrogen) atoms. The number of hydrogen-bond acceptors (Lipinski definition) is 5. The number of hydrogen-bond donors (Lipinski definition) is 1. The fraction of sp³-hybridized carbons (Fsp3) is 0.158. The van der Waals surface area contributed by atoms with Crippen molar-refractivity contribution < 1.29 is 9.59 Å². The van der Waals surface area contributed by atoms with Gasteiger partial charge in [0.15, 0.2) is 5.13 Å². The summed E-state index contributed by atoms with van der Waals surface area (Å²) in [6.07, 6.45) is 4.91. The van der Waals surface area contributed by atoms with E-state index in [0.29, 0.717) is 17.1 Å². The second-order valence-corrected chi connectivity index (χ2v) is 6.79. The van der Waals surface area contributed by atoms with Crippen molar-refractivity contribution in [3.05, 3.63) is 59.7 Å². The molecule has 1 fully saturated rings. The fourth-order valence-electron chi connectivity index (χ4n) is 2.86. The molecule has 0 atom stereocenters. The Morgan fingerprint density at radius 1 is 1.19 bits per heavy atom. The van der Waals surface area contributed by atoms with Gasteiger partial charge in [-0.1, -0.05) is 0 Å². The number of rotatable bonds is 4. The molecule has 2 amide bonds. The highest BCUT2D eigenvalue weighted by Gasteiger charge is 2.21. The van der Waals surface area contributed by atoms with Crippen LogP contribution >= 0.6 is 11.3 Å². The van der Waals surface area contributed by atoms with Crippen LogP contribution in [0.1, 0.15) is 23.2 Å². The molecule has 4 rings (SSSR count). The molecule has 6 nitrogen and oxygen atoms in total. The van der Waals surface area contributed by atoms with Crippen LogP contribution in [0.5, 0.6) is 0 Å². The number of aromatic nitrogens is 2.